The fraction of sp³-hybridized carbons (Fsp3) is 0.727. The molecule has 108 valence electrons. The highest BCUT2D eigenvalue weighted by atomic mass is 16.6. The summed E-state index contributed by atoms with van der Waals surface area (Å²) in [6.07, 6.45) is -0.735. The molecule has 0 aliphatic carbocycles. The lowest BCUT2D eigenvalue weighted by molar-refractivity contribution is -0.165. The first-order valence-electron chi connectivity index (χ1n) is 5.76. The highest BCUT2D eigenvalue weighted by Gasteiger charge is 2.48. The average Bonchev–Trinajstić information content (AvgIpc) is 2.22. The molecule has 2 amide bonds. The third-order valence-electron chi connectivity index (χ3n) is 2.74. The number of aliphatic carboxylic acids is 1. The van der Waals surface area contributed by atoms with E-state index in [4.69, 9.17) is 15.7 Å². The Morgan fingerprint density at radius 2 is 1.95 bits per heavy atom. The Balaban J connectivity index is 2.92. The summed E-state index contributed by atoms with van der Waals surface area (Å²) in [5.74, 6) is 3.54. The minimum atomic E-state index is -1.66. The van der Waals surface area contributed by atoms with Crippen LogP contribution in [0.3, 0.4) is 0 Å². The first-order valence-corrected chi connectivity index (χ1v) is 5.76. The minimum absolute atomic E-state index is 0.223. The summed E-state index contributed by atoms with van der Waals surface area (Å²) in [5.41, 5.74) is -2.38. The van der Waals surface area contributed by atoms with E-state index in [0.717, 1.165) is 4.90 Å². The minimum Gasteiger partial charge on any atom is -0.479 e. The quantitative estimate of drug-likeness (QED) is 0.504. The number of rotatable bonds is 1. The zero-order chi connectivity index (χ0) is 15.0. The van der Waals surface area contributed by atoms with Crippen LogP contribution in [0, 0.1) is 0 Å². The van der Waals surface area contributed by atoms with Gasteiger partial charge in [0, 0.05) is 0 Å². The fourth-order valence-corrected chi connectivity index (χ4v) is 1.64. The number of carboxylic acid groups (broad SMARTS) is 1. The number of hydrazine groups is 1. The van der Waals surface area contributed by atoms with Crippen LogP contribution < -0.4 is 5.84 Å². The highest BCUT2D eigenvalue weighted by molar-refractivity contribution is 5.91. The fourth-order valence-electron chi connectivity index (χ4n) is 1.64. The average molecular weight is 273 g/mol. The van der Waals surface area contributed by atoms with Crippen molar-refractivity contribution in [3.63, 3.8) is 0 Å². The lowest BCUT2D eigenvalue weighted by Gasteiger charge is -2.43. The Labute approximate surface area is 111 Å². The van der Waals surface area contributed by atoms with Gasteiger partial charge in [0.25, 0.3) is 5.91 Å². The van der Waals surface area contributed by atoms with Crippen molar-refractivity contribution in [1.82, 2.24) is 9.91 Å². The smallest absolute Gasteiger partial charge is 0.410 e. The molecule has 1 fully saturated rings. The molecule has 1 atom stereocenters. The van der Waals surface area contributed by atoms with Gasteiger partial charge in [0.15, 0.2) is 5.54 Å². The summed E-state index contributed by atoms with van der Waals surface area (Å²) >= 11 is 0. The first-order chi connectivity index (χ1) is 8.47. The molecule has 1 unspecified atom stereocenters. The summed E-state index contributed by atoms with van der Waals surface area (Å²) < 4.78 is 5.12. The standard InChI is InChI=1S/C11H19N3O5/c1-10(2,3)19-9(18)13-5-7(15)14(12)11(4,6-13)8(16)17/h5-6,12H2,1-4H3,(H,16,17). The molecule has 3 N–H and O–H groups in total. The second-order valence-electron chi connectivity index (χ2n) is 5.68. The Bertz CT molecular complexity index is 417. The van der Waals surface area contributed by atoms with E-state index >= 15 is 0 Å². The Hall–Kier alpha value is -1.83. The molecular formula is C11H19N3O5. The van der Waals surface area contributed by atoms with Gasteiger partial charge in [-0.05, 0) is 27.7 Å². The molecule has 0 bridgehead atoms. The molecule has 0 spiro atoms. The van der Waals surface area contributed by atoms with E-state index in [1.54, 1.807) is 20.8 Å². The number of ether oxygens (including phenoxy) is 1. The van der Waals surface area contributed by atoms with E-state index in [1.807, 2.05) is 0 Å². The van der Waals surface area contributed by atoms with E-state index in [-0.39, 0.29) is 13.1 Å². The van der Waals surface area contributed by atoms with Crippen LogP contribution in [0.15, 0.2) is 0 Å². The molecule has 19 heavy (non-hydrogen) atoms. The van der Waals surface area contributed by atoms with Crippen LogP contribution in [-0.4, -0.2) is 57.2 Å². The van der Waals surface area contributed by atoms with Gasteiger partial charge in [-0.15, -0.1) is 0 Å². The molecule has 1 aliphatic rings. The monoisotopic (exact) mass is 273 g/mol. The van der Waals surface area contributed by atoms with E-state index in [9.17, 15) is 14.4 Å². The summed E-state index contributed by atoms with van der Waals surface area (Å²) in [4.78, 5) is 35.8. The number of hydrogen-bond donors (Lipinski definition) is 2. The number of nitrogens with two attached hydrogens (primary N) is 1. The topological polar surface area (TPSA) is 113 Å². The zero-order valence-electron chi connectivity index (χ0n) is 11.5. The maximum absolute atomic E-state index is 11.9. The summed E-state index contributed by atoms with van der Waals surface area (Å²) in [5, 5.41) is 9.81. The van der Waals surface area contributed by atoms with Gasteiger partial charge in [-0.2, -0.15) is 0 Å². The predicted molar refractivity (Wildman–Crippen MR) is 64.9 cm³/mol. The molecule has 1 heterocycles. The summed E-state index contributed by atoms with van der Waals surface area (Å²) in [6, 6.07) is 0. The molecule has 0 aromatic carbocycles. The van der Waals surface area contributed by atoms with Crippen molar-refractivity contribution in [3.05, 3.63) is 0 Å². The van der Waals surface area contributed by atoms with Gasteiger partial charge in [-0.3, -0.25) is 14.7 Å². The number of nitrogens with zero attached hydrogens (tertiary/aromatic N) is 2. The third kappa shape index (κ3) is 3.14. The van der Waals surface area contributed by atoms with E-state index < -0.39 is 29.1 Å². The second-order valence-corrected chi connectivity index (χ2v) is 5.68. The second kappa shape index (κ2) is 4.69. The zero-order valence-corrected chi connectivity index (χ0v) is 11.5. The van der Waals surface area contributed by atoms with E-state index in [1.165, 1.54) is 6.92 Å². The molecule has 1 saturated heterocycles. The van der Waals surface area contributed by atoms with Crippen LogP contribution in [-0.2, 0) is 14.3 Å². The van der Waals surface area contributed by atoms with Gasteiger partial charge in [-0.1, -0.05) is 0 Å². The molecule has 1 rings (SSSR count). The van der Waals surface area contributed by atoms with Crippen molar-refractivity contribution in [1.29, 1.82) is 0 Å². The van der Waals surface area contributed by atoms with Crippen LogP contribution in [0.4, 0.5) is 4.79 Å². The highest BCUT2D eigenvalue weighted by Crippen LogP contribution is 2.21. The SMILES string of the molecule is CC(C)(C)OC(=O)N1CC(=O)N(N)C(C)(C(=O)O)C1. The van der Waals surface area contributed by atoms with Crippen LogP contribution in [0.5, 0.6) is 0 Å². The Morgan fingerprint density at radius 1 is 1.42 bits per heavy atom. The molecule has 1 aliphatic heterocycles. The van der Waals surface area contributed by atoms with Gasteiger partial charge in [0.1, 0.15) is 12.1 Å². The summed E-state index contributed by atoms with van der Waals surface area (Å²) in [7, 11) is 0. The largest absolute Gasteiger partial charge is 0.479 e. The van der Waals surface area contributed by atoms with Gasteiger partial charge < -0.3 is 9.84 Å². The third-order valence-corrected chi connectivity index (χ3v) is 2.74. The molecule has 8 heteroatoms. The van der Waals surface area contributed by atoms with E-state index in [2.05, 4.69) is 0 Å². The number of carbonyl (C=O) groups excluding carboxylic acids is 2. The number of amides is 2. The van der Waals surface area contributed by atoms with Gasteiger partial charge in [-0.25, -0.2) is 15.4 Å². The number of carbonyl (C=O) groups is 3. The molecule has 8 nitrogen and oxygen atoms in total. The first kappa shape index (κ1) is 15.2. The molecular weight excluding hydrogens is 254 g/mol. The van der Waals surface area contributed by atoms with Crippen molar-refractivity contribution in [3.8, 4) is 0 Å². The van der Waals surface area contributed by atoms with Crippen molar-refractivity contribution < 1.29 is 24.2 Å². The lowest BCUT2D eigenvalue weighted by atomic mass is 9.98. The van der Waals surface area contributed by atoms with E-state index in [0.29, 0.717) is 5.01 Å². The maximum atomic E-state index is 11.9. The summed E-state index contributed by atoms with van der Waals surface area (Å²) in [6.45, 7) is 5.81. The van der Waals surface area contributed by atoms with Crippen molar-refractivity contribution in [2.24, 2.45) is 5.84 Å². The molecule has 0 radical (unpaired) electrons. The van der Waals surface area contributed by atoms with Crippen LogP contribution in [0.25, 0.3) is 0 Å². The molecule has 0 aromatic rings. The Kier molecular flexibility index (Phi) is 3.76. The van der Waals surface area contributed by atoms with Crippen LogP contribution in [0.2, 0.25) is 0 Å². The van der Waals surface area contributed by atoms with Crippen LogP contribution >= 0.6 is 0 Å². The maximum Gasteiger partial charge on any atom is 0.410 e. The lowest BCUT2D eigenvalue weighted by Crippen LogP contribution is -2.70. The van der Waals surface area contributed by atoms with Gasteiger partial charge in [0.05, 0.1) is 6.54 Å². The van der Waals surface area contributed by atoms with Crippen LogP contribution in [0.1, 0.15) is 27.7 Å². The Morgan fingerprint density at radius 3 is 2.37 bits per heavy atom. The predicted octanol–water partition coefficient (Wildman–Crippen LogP) is -0.217. The number of carboxylic acids is 1. The number of piperazine rings is 1. The molecule has 0 saturated carbocycles. The normalized spacial score (nSPS) is 24.4. The number of hydrogen-bond acceptors (Lipinski definition) is 5. The van der Waals surface area contributed by atoms with Crippen molar-refractivity contribution in [2.45, 2.75) is 38.8 Å². The van der Waals surface area contributed by atoms with Gasteiger partial charge in [0.2, 0.25) is 0 Å². The van der Waals surface area contributed by atoms with Crippen molar-refractivity contribution in [2.75, 3.05) is 13.1 Å². The van der Waals surface area contributed by atoms with Gasteiger partial charge >= 0.3 is 12.1 Å². The van der Waals surface area contributed by atoms with Crippen molar-refractivity contribution >= 4 is 18.0 Å². The molecule has 0 aromatic heterocycles.